The summed E-state index contributed by atoms with van der Waals surface area (Å²) in [6, 6.07) is 4.51. The second kappa shape index (κ2) is 5.78. The molecule has 22 heavy (non-hydrogen) atoms. The molecule has 0 atom stereocenters. The first kappa shape index (κ1) is 16.0. The number of aliphatic hydroxyl groups excluding tert-OH is 1. The van der Waals surface area contributed by atoms with E-state index in [-0.39, 0.29) is 12.5 Å². The molecule has 0 bridgehead atoms. The number of aryl methyl sites for hydroxylation is 1. The molecule has 0 radical (unpaired) electrons. The normalized spacial score (nSPS) is 17.0. The Bertz CT molecular complexity index is 661. The third-order valence-corrected chi connectivity index (χ3v) is 3.92. The molecule has 1 aliphatic heterocycles. The van der Waals surface area contributed by atoms with Crippen molar-refractivity contribution < 1.29 is 14.7 Å². The van der Waals surface area contributed by atoms with Gasteiger partial charge in [-0.05, 0) is 44.9 Å². The van der Waals surface area contributed by atoms with Gasteiger partial charge in [-0.2, -0.15) is 0 Å². The van der Waals surface area contributed by atoms with Crippen molar-refractivity contribution in [2.45, 2.75) is 32.7 Å². The topological polar surface area (TPSA) is 65.2 Å². The number of benzene rings is 1. The first-order valence-corrected chi connectivity index (χ1v) is 7.09. The number of amides is 3. The Kier molecular flexibility index (Phi) is 4.20. The molecular formula is C16H19N3O3. The fourth-order valence-electron chi connectivity index (χ4n) is 2.57. The van der Waals surface area contributed by atoms with Gasteiger partial charge in [0.1, 0.15) is 5.54 Å². The van der Waals surface area contributed by atoms with Crippen molar-refractivity contribution in [3.63, 3.8) is 0 Å². The van der Waals surface area contributed by atoms with E-state index in [1.165, 1.54) is 4.90 Å². The average Bonchev–Trinajstić information content (AvgIpc) is 2.63. The molecule has 3 amide bonds. The van der Waals surface area contributed by atoms with Crippen LogP contribution in [0.1, 0.15) is 25.8 Å². The summed E-state index contributed by atoms with van der Waals surface area (Å²) in [6.07, 6.45) is 0.423. The lowest BCUT2D eigenvalue weighted by Crippen LogP contribution is -2.44. The molecule has 0 unspecified atom stereocenters. The molecular weight excluding hydrogens is 282 g/mol. The van der Waals surface area contributed by atoms with Gasteiger partial charge in [-0.25, -0.2) is 14.5 Å². The van der Waals surface area contributed by atoms with Crippen molar-refractivity contribution in [3.8, 4) is 0 Å². The van der Waals surface area contributed by atoms with E-state index in [0.29, 0.717) is 24.3 Å². The lowest BCUT2D eigenvalue weighted by molar-refractivity contribution is -0.123. The molecule has 1 fully saturated rings. The third kappa shape index (κ3) is 2.44. The molecule has 1 N–H and O–H groups in total. The lowest BCUT2D eigenvalue weighted by Gasteiger charge is -2.27. The van der Waals surface area contributed by atoms with Gasteiger partial charge >= 0.3 is 6.03 Å². The Balaban J connectivity index is 2.40. The van der Waals surface area contributed by atoms with Crippen molar-refractivity contribution in [1.29, 1.82) is 0 Å². The van der Waals surface area contributed by atoms with E-state index in [2.05, 4.69) is 4.85 Å². The minimum Gasteiger partial charge on any atom is -0.396 e. The average molecular weight is 301 g/mol. The first-order chi connectivity index (χ1) is 10.3. The Morgan fingerprint density at radius 2 is 2.00 bits per heavy atom. The van der Waals surface area contributed by atoms with Crippen LogP contribution >= 0.6 is 0 Å². The molecule has 6 heteroatoms. The SMILES string of the molecule is [C-]#[N+]c1ccc(N2C(=O)N(CCCO)C(C)(C)C2=O)cc1C. The van der Waals surface area contributed by atoms with Crippen molar-refractivity contribution in [2.75, 3.05) is 18.1 Å². The van der Waals surface area contributed by atoms with Gasteiger partial charge in [0.25, 0.3) is 5.91 Å². The fourth-order valence-corrected chi connectivity index (χ4v) is 2.57. The van der Waals surface area contributed by atoms with E-state index < -0.39 is 11.6 Å². The van der Waals surface area contributed by atoms with E-state index in [0.717, 1.165) is 10.5 Å². The Labute approximate surface area is 129 Å². The summed E-state index contributed by atoms with van der Waals surface area (Å²) in [4.78, 5) is 31.2. The van der Waals surface area contributed by atoms with Crippen LogP contribution in [0.15, 0.2) is 18.2 Å². The zero-order valence-electron chi connectivity index (χ0n) is 13.0. The van der Waals surface area contributed by atoms with Crippen LogP contribution < -0.4 is 4.90 Å². The summed E-state index contributed by atoms with van der Waals surface area (Å²) < 4.78 is 0. The van der Waals surface area contributed by atoms with Crippen LogP contribution in [-0.2, 0) is 4.79 Å². The number of urea groups is 1. The standard InChI is InChI=1S/C16H19N3O3/c1-11-10-12(6-7-13(11)17-4)19-14(21)16(2,3)18(15(19)22)8-5-9-20/h6-7,10,20H,5,8-9H2,1-3H3. The van der Waals surface area contributed by atoms with Crippen molar-refractivity contribution in [2.24, 2.45) is 0 Å². The van der Waals surface area contributed by atoms with Crippen molar-refractivity contribution >= 4 is 23.3 Å². The Hall–Kier alpha value is -2.39. The van der Waals surface area contributed by atoms with Gasteiger partial charge in [0.05, 0.1) is 12.3 Å². The van der Waals surface area contributed by atoms with E-state index in [1.807, 2.05) is 0 Å². The maximum Gasteiger partial charge on any atom is 0.332 e. The second-order valence-electron chi connectivity index (χ2n) is 5.79. The number of rotatable bonds is 4. The number of aliphatic hydroxyl groups is 1. The molecule has 6 nitrogen and oxygen atoms in total. The van der Waals surface area contributed by atoms with Crippen molar-refractivity contribution in [3.05, 3.63) is 35.2 Å². The summed E-state index contributed by atoms with van der Waals surface area (Å²) >= 11 is 0. The van der Waals surface area contributed by atoms with Crippen LogP contribution in [0, 0.1) is 13.5 Å². The third-order valence-electron chi connectivity index (χ3n) is 3.92. The molecule has 1 aromatic rings. The zero-order chi connectivity index (χ0) is 16.5. The first-order valence-electron chi connectivity index (χ1n) is 7.09. The molecule has 0 saturated carbocycles. The molecule has 1 aromatic carbocycles. The monoisotopic (exact) mass is 301 g/mol. The van der Waals surface area contributed by atoms with E-state index in [1.54, 1.807) is 39.0 Å². The second-order valence-corrected chi connectivity index (χ2v) is 5.79. The highest BCUT2D eigenvalue weighted by atomic mass is 16.3. The van der Waals surface area contributed by atoms with Gasteiger partial charge in [-0.1, -0.05) is 6.07 Å². The zero-order valence-corrected chi connectivity index (χ0v) is 13.0. The number of anilines is 1. The highest BCUT2D eigenvalue weighted by Gasteiger charge is 2.51. The number of hydrogen-bond donors (Lipinski definition) is 1. The summed E-state index contributed by atoms with van der Waals surface area (Å²) in [5, 5.41) is 8.96. The quantitative estimate of drug-likeness (QED) is 0.686. The van der Waals surface area contributed by atoms with E-state index in [4.69, 9.17) is 11.7 Å². The van der Waals surface area contributed by atoms with Crippen LogP contribution in [0.4, 0.5) is 16.2 Å². The van der Waals surface area contributed by atoms with E-state index in [9.17, 15) is 9.59 Å². The largest absolute Gasteiger partial charge is 0.396 e. The molecule has 1 aliphatic rings. The molecule has 0 aliphatic carbocycles. The van der Waals surface area contributed by atoms with Gasteiger partial charge in [-0.15, -0.1) is 0 Å². The number of carbonyl (C=O) groups is 2. The Morgan fingerprint density at radius 3 is 2.55 bits per heavy atom. The summed E-state index contributed by atoms with van der Waals surface area (Å²) in [5.74, 6) is -0.301. The smallest absolute Gasteiger partial charge is 0.332 e. The maximum absolute atomic E-state index is 12.6. The van der Waals surface area contributed by atoms with Crippen LogP contribution in [0.3, 0.4) is 0 Å². The fraction of sp³-hybridized carbons (Fsp3) is 0.438. The number of carbonyl (C=O) groups excluding carboxylic acids is 2. The molecule has 116 valence electrons. The molecule has 1 heterocycles. The lowest BCUT2D eigenvalue weighted by atomic mass is 10.0. The predicted molar refractivity (Wildman–Crippen MR) is 82.8 cm³/mol. The summed E-state index contributed by atoms with van der Waals surface area (Å²) in [5.41, 5.74) is 0.747. The molecule has 1 saturated heterocycles. The summed E-state index contributed by atoms with van der Waals surface area (Å²) in [6.45, 7) is 12.5. The molecule has 0 spiro atoms. The number of nitrogens with zero attached hydrogens (tertiary/aromatic N) is 3. The van der Waals surface area contributed by atoms with Crippen LogP contribution in [0.5, 0.6) is 0 Å². The van der Waals surface area contributed by atoms with Gasteiger partial charge in [0.15, 0.2) is 5.69 Å². The summed E-state index contributed by atoms with van der Waals surface area (Å²) in [7, 11) is 0. The van der Waals surface area contributed by atoms with Gasteiger partial charge in [-0.3, -0.25) is 4.79 Å². The maximum atomic E-state index is 12.6. The van der Waals surface area contributed by atoms with Gasteiger partial charge < -0.3 is 10.0 Å². The molecule has 0 aromatic heterocycles. The Morgan fingerprint density at radius 1 is 1.32 bits per heavy atom. The molecule has 2 rings (SSSR count). The number of hydrogen-bond acceptors (Lipinski definition) is 3. The van der Waals surface area contributed by atoms with Gasteiger partial charge in [0.2, 0.25) is 0 Å². The highest BCUT2D eigenvalue weighted by Crippen LogP contribution is 2.34. The predicted octanol–water partition coefficient (Wildman–Crippen LogP) is 2.48. The van der Waals surface area contributed by atoms with Crippen LogP contribution in [0.25, 0.3) is 4.85 Å². The van der Waals surface area contributed by atoms with E-state index >= 15 is 0 Å². The highest BCUT2D eigenvalue weighted by molar-refractivity contribution is 6.23. The van der Waals surface area contributed by atoms with Crippen LogP contribution in [-0.4, -0.2) is 40.6 Å². The minimum atomic E-state index is -0.946. The minimum absolute atomic E-state index is 0.0349. The van der Waals surface area contributed by atoms with Gasteiger partial charge in [0, 0.05) is 13.2 Å². The van der Waals surface area contributed by atoms with Crippen molar-refractivity contribution in [1.82, 2.24) is 4.90 Å². The number of imide groups is 1. The van der Waals surface area contributed by atoms with Crippen LogP contribution in [0.2, 0.25) is 0 Å².